The number of morpholine rings is 1. The van der Waals surface area contributed by atoms with E-state index in [1.165, 1.54) is 11.6 Å². The third kappa shape index (κ3) is 5.77. The number of hydrogen-bond acceptors (Lipinski definition) is 6. The maximum atomic E-state index is 12.3. The van der Waals surface area contributed by atoms with Crippen LogP contribution in [0.3, 0.4) is 0 Å². The zero-order valence-electron chi connectivity index (χ0n) is 17.8. The van der Waals surface area contributed by atoms with Crippen molar-refractivity contribution in [1.29, 1.82) is 0 Å². The zero-order chi connectivity index (χ0) is 21.5. The molecule has 0 aliphatic carbocycles. The number of ether oxygens (including phenoxy) is 4. The predicted octanol–water partition coefficient (Wildman–Crippen LogP) is 2.99. The molecule has 2 heterocycles. The van der Waals surface area contributed by atoms with Crippen LogP contribution in [-0.4, -0.2) is 64.0 Å². The normalized spacial score (nSPS) is 16.3. The number of rotatable bonds is 7. The molecule has 0 atom stereocenters. The van der Waals surface area contributed by atoms with Gasteiger partial charge in [-0.2, -0.15) is 0 Å². The van der Waals surface area contributed by atoms with Crippen molar-refractivity contribution in [3.63, 3.8) is 0 Å². The lowest BCUT2D eigenvalue weighted by Gasteiger charge is -2.26. The molecule has 0 saturated carbocycles. The molecular formula is C24H28N2O5. The van der Waals surface area contributed by atoms with E-state index in [4.69, 9.17) is 18.9 Å². The quantitative estimate of drug-likeness (QED) is 0.690. The number of nitrogens with one attached hydrogen (secondary N) is 1. The highest BCUT2D eigenvalue weighted by Gasteiger charge is 2.17. The van der Waals surface area contributed by atoms with Gasteiger partial charge in [0, 0.05) is 31.4 Å². The molecular weight excluding hydrogens is 396 g/mol. The van der Waals surface area contributed by atoms with Crippen LogP contribution in [0.4, 0.5) is 5.69 Å². The maximum Gasteiger partial charge on any atom is 0.248 e. The number of methoxy groups -OCH3 is 1. The topological polar surface area (TPSA) is 69.3 Å². The van der Waals surface area contributed by atoms with E-state index < -0.39 is 0 Å². The van der Waals surface area contributed by atoms with E-state index in [0.29, 0.717) is 30.5 Å². The molecule has 1 amide bonds. The van der Waals surface area contributed by atoms with Crippen LogP contribution in [0, 0.1) is 0 Å². The van der Waals surface area contributed by atoms with Gasteiger partial charge in [0.25, 0.3) is 0 Å². The van der Waals surface area contributed by atoms with Crippen molar-refractivity contribution in [2.75, 3.05) is 58.5 Å². The fourth-order valence-corrected chi connectivity index (χ4v) is 3.61. The second-order valence-corrected chi connectivity index (χ2v) is 7.47. The Bertz CT molecular complexity index is 903. The largest absolute Gasteiger partial charge is 0.493 e. The minimum atomic E-state index is -0.199. The van der Waals surface area contributed by atoms with E-state index in [2.05, 4.69) is 22.3 Å². The second kappa shape index (κ2) is 10.3. The number of anilines is 1. The third-order valence-corrected chi connectivity index (χ3v) is 5.32. The van der Waals surface area contributed by atoms with Gasteiger partial charge in [0.05, 0.1) is 20.3 Å². The number of benzene rings is 2. The summed E-state index contributed by atoms with van der Waals surface area (Å²) in [6.07, 6.45) is 4.21. The lowest BCUT2D eigenvalue weighted by molar-refractivity contribution is -0.111. The van der Waals surface area contributed by atoms with Crippen molar-refractivity contribution in [3.05, 3.63) is 53.6 Å². The summed E-state index contributed by atoms with van der Waals surface area (Å²) in [5.41, 5.74) is 2.82. The molecule has 1 N–H and O–H groups in total. The fourth-order valence-electron chi connectivity index (χ4n) is 3.61. The number of nitrogens with zero attached hydrogens (tertiary/aromatic N) is 1. The van der Waals surface area contributed by atoms with Crippen LogP contribution in [0.5, 0.6) is 17.2 Å². The minimum Gasteiger partial charge on any atom is -0.493 e. The summed E-state index contributed by atoms with van der Waals surface area (Å²) in [5.74, 6) is 1.61. The molecule has 0 bridgehead atoms. The Morgan fingerprint density at radius 2 is 1.87 bits per heavy atom. The number of hydrogen-bond donors (Lipinski definition) is 1. The molecule has 1 fully saturated rings. The molecule has 2 aliphatic rings. The van der Waals surface area contributed by atoms with Crippen molar-refractivity contribution in [1.82, 2.24) is 4.90 Å². The molecule has 164 valence electrons. The van der Waals surface area contributed by atoms with E-state index in [0.717, 1.165) is 50.5 Å². The highest BCUT2D eigenvalue weighted by molar-refractivity contribution is 6.02. The molecule has 7 heteroatoms. The number of fused-ring (bicyclic) bond motifs is 1. The van der Waals surface area contributed by atoms with Crippen molar-refractivity contribution in [2.24, 2.45) is 0 Å². The summed E-state index contributed by atoms with van der Waals surface area (Å²) in [4.78, 5) is 14.8. The highest BCUT2D eigenvalue weighted by Crippen LogP contribution is 2.40. The Kier molecular flexibility index (Phi) is 7.07. The zero-order valence-corrected chi connectivity index (χ0v) is 17.8. The van der Waals surface area contributed by atoms with E-state index in [1.54, 1.807) is 13.2 Å². The van der Waals surface area contributed by atoms with Crippen LogP contribution < -0.4 is 19.5 Å². The van der Waals surface area contributed by atoms with E-state index >= 15 is 0 Å². The molecule has 0 radical (unpaired) electrons. The first-order valence-corrected chi connectivity index (χ1v) is 10.6. The third-order valence-electron chi connectivity index (χ3n) is 5.32. The van der Waals surface area contributed by atoms with Crippen LogP contribution in [0.25, 0.3) is 6.08 Å². The SMILES string of the molecule is COc1cc(C=CC(=O)Nc2ccc(CCN3CCOCC3)cc2)cc2c1OCCO2. The van der Waals surface area contributed by atoms with Gasteiger partial charge in [-0.25, -0.2) is 0 Å². The van der Waals surface area contributed by atoms with Gasteiger partial charge in [-0.05, 0) is 47.9 Å². The Balaban J connectivity index is 1.31. The molecule has 2 aliphatic heterocycles. The van der Waals surface area contributed by atoms with Crippen molar-refractivity contribution < 1.29 is 23.7 Å². The Labute approximate surface area is 182 Å². The summed E-state index contributed by atoms with van der Waals surface area (Å²) in [5, 5.41) is 2.90. The second-order valence-electron chi connectivity index (χ2n) is 7.47. The molecule has 4 rings (SSSR count). The van der Waals surface area contributed by atoms with Crippen LogP contribution in [0.2, 0.25) is 0 Å². The van der Waals surface area contributed by atoms with Crippen molar-refractivity contribution in [3.8, 4) is 17.2 Å². The molecule has 0 spiro atoms. The van der Waals surface area contributed by atoms with Gasteiger partial charge in [-0.15, -0.1) is 0 Å². The average Bonchev–Trinajstić information content (AvgIpc) is 2.82. The van der Waals surface area contributed by atoms with Gasteiger partial charge in [0.2, 0.25) is 11.7 Å². The average molecular weight is 424 g/mol. The van der Waals surface area contributed by atoms with Crippen LogP contribution in [-0.2, 0) is 16.0 Å². The molecule has 7 nitrogen and oxygen atoms in total. The van der Waals surface area contributed by atoms with E-state index in [9.17, 15) is 4.79 Å². The Morgan fingerprint density at radius 1 is 1.10 bits per heavy atom. The molecule has 2 aromatic carbocycles. The summed E-state index contributed by atoms with van der Waals surface area (Å²) >= 11 is 0. The standard InChI is InChI=1S/C24H28N2O5/c1-28-21-16-19(17-22-24(21)31-15-14-30-22)4-7-23(27)25-20-5-2-18(3-6-20)8-9-26-10-12-29-13-11-26/h2-7,16-17H,8-15H2,1H3,(H,25,27). The minimum absolute atomic E-state index is 0.199. The van der Waals surface area contributed by atoms with E-state index in [-0.39, 0.29) is 5.91 Å². The summed E-state index contributed by atoms with van der Waals surface area (Å²) in [6, 6.07) is 11.7. The van der Waals surface area contributed by atoms with E-state index in [1.807, 2.05) is 24.3 Å². The van der Waals surface area contributed by atoms with Gasteiger partial charge in [-0.3, -0.25) is 9.69 Å². The molecule has 0 aromatic heterocycles. The smallest absolute Gasteiger partial charge is 0.248 e. The maximum absolute atomic E-state index is 12.3. The summed E-state index contributed by atoms with van der Waals surface area (Å²) in [7, 11) is 1.58. The van der Waals surface area contributed by atoms with Gasteiger partial charge in [0.15, 0.2) is 11.5 Å². The Hall–Kier alpha value is -3.03. The van der Waals surface area contributed by atoms with Crippen LogP contribution >= 0.6 is 0 Å². The van der Waals surface area contributed by atoms with Gasteiger partial charge in [-0.1, -0.05) is 12.1 Å². The lowest BCUT2D eigenvalue weighted by atomic mass is 10.1. The number of carbonyl (C=O) groups is 1. The summed E-state index contributed by atoms with van der Waals surface area (Å²) < 4.78 is 22.0. The lowest BCUT2D eigenvalue weighted by Crippen LogP contribution is -2.37. The van der Waals surface area contributed by atoms with Gasteiger partial charge in [0.1, 0.15) is 13.2 Å². The predicted molar refractivity (Wildman–Crippen MR) is 119 cm³/mol. The number of amides is 1. The molecule has 31 heavy (non-hydrogen) atoms. The number of carbonyl (C=O) groups excluding carboxylic acids is 1. The van der Waals surface area contributed by atoms with Gasteiger partial charge >= 0.3 is 0 Å². The van der Waals surface area contributed by atoms with Crippen molar-refractivity contribution >= 4 is 17.7 Å². The summed E-state index contributed by atoms with van der Waals surface area (Å²) in [6.45, 7) is 5.64. The molecule has 2 aromatic rings. The van der Waals surface area contributed by atoms with Crippen molar-refractivity contribution in [2.45, 2.75) is 6.42 Å². The van der Waals surface area contributed by atoms with Gasteiger partial charge < -0.3 is 24.3 Å². The monoisotopic (exact) mass is 424 g/mol. The first-order chi connectivity index (χ1) is 15.2. The fraction of sp³-hybridized carbons (Fsp3) is 0.375. The van der Waals surface area contributed by atoms with Crippen LogP contribution in [0.15, 0.2) is 42.5 Å². The van der Waals surface area contributed by atoms with Crippen LogP contribution in [0.1, 0.15) is 11.1 Å². The first kappa shape index (κ1) is 21.2. The molecule has 1 saturated heterocycles. The Morgan fingerprint density at radius 3 is 2.65 bits per heavy atom. The first-order valence-electron chi connectivity index (χ1n) is 10.6. The highest BCUT2D eigenvalue weighted by atomic mass is 16.6. The molecule has 0 unspecified atom stereocenters.